The molecule has 1 rings (SSSR count). The van der Waals surface area contributed by atoms with Crippen LogP contribution in [-0.2, 0) is 0 Å². The SMILES string of the molecule is CCC(O)c1ccccn1.Cl.Cl. The van der Waals surface area contributed by atoms with Crippen LogP contribution in [0.15, 0.2) is 24.4 Å². The third-order valence-corrected chi connectivity index (χ3v) is 1.42. The largest absolute Gasteiger partial charge is 0.387 e. The van der Waals surface area contributed by atoms with Crippen molar-refractivity contribution in [2.45, 2.75) is 19.4 Å². The minimum absolute atomic E-state index is 0. The van der Waals surface area contributed by atoms with E-state index >= 15 is 0 Å². The topological polar surface area (TPSA) is 33.1 Å². The zero-order valence-corrected chi connectivity index (χ0v) is 8.44. The Hall–Kier alpha value is -0.310. The molecule has 0 aliphatic heterocycles. The fourth-order valence-electron chi connectivity index (χ4n) is 0.782. The molecule has 0 saturated carbocycles. The van der Waals surface area contributed by atoms with Crippen LogP contribution in [0, 0.1) is 0 Å². The normalized spacial score (nSPS) is 10.8. The maximum absolute atomic E-state index is 9.27. The lowest BCUT2D eigenvalue weighted by Gasteiger charge is -2.04. The molecule has 0 radical (unpaired) electrons. The number of aromatic nitrogens is 1. The van der Waals surface area contributed by atoms with Crippen LogP contribution >= 0.6 is 24.8 Å². The molecule has 70 valence electrons. The van der Waals surface area contributed by atoms with Crippen molar-refractivity contribution in [3.63, 3.8) is 0 Å². The van der Waals surface area contributed by atoms with Gasteiger partial charge in [0.25, 0.3) is 0 Å². The predicted molar refractivity (Wildman–Crippen MR) is 54.0 cm³/mol. The molecule has 1 unspecified atom stereocenters. The molecule has 0 fully saturated rings. The lowest BCUT2D eigenvalue weighted by atomic mass is 10.2. The van der Waals surface area contributed by atoms with E-state index in [1.165, 1.54) is 0 Å². The molecule has 4 heteroatoms. The van der Waals surface area contributed by atoms with Gasteiger partial charge in [-0.2, -0.15) is 0 Å². The van der Waals surface area contributed by atoms with Gasteiger partial charge < -0.3 is 5.11 Å². The van der Waals surface area contributed by atoms with Gasteiger partial charge in [-0.1, -0.05) is 13.0 Å². The molecule has 0 amide bonds. The van der Waals surface area contributed by atoms with E-state index in [9.17, 15) is 5.11 Å². The molecule has 0 aliphatic carbocycles. The van der Waals surface area contributed by atoms with Crippen molar-refractivity contribution in [3.8, 4) is 0 Å². The van der Waals surface area contributed by atoms with E-state index in [-0.39, 0.29) is 24.8 Å². The van der Waals surface area contributed by atoms with Crippen LogP contribution in [-0.4, -0.2) is 10.1 Å². The second-order valence-corrected chi connectivity index (χ2v) is 2.18. The van der Waals surface area contributed by atoms with Crippen LogP contribution in [0.4, 0.5) is 0 Å². The first-order valence-electron chi connectivity index (χ1n) is 3.43. The lowest BCUT2D eigenvalue weighted by Crippen LogP contribution is -1.96. The summed E-state index contributed by atoms with van der Waals surface area (Å²) >= 11 is 0. The number of aliphatic hydroxyl groups excluding tert-OH is 1. The molecule has 2 nitrogen and oxygen atoms in total. The molecule has 1 atom stereocenters. The third-order valence-electron chi connectivity index (χ3n) is 1.42. The maximum atomic E-state index is 9.27. The van der Waals surface area contributed by atoms with Gasteiger partial charge >= 0.3 is 0 Å². The number of hydrogen-bond donors (Lipinski definition) is 1. The minimum Gasteiger partial charge on any atom is -0.387 e. The summed E-state index contributed by atoms with van der Waals surface area (Å²) in [6.45, 7) is 1.93. The van der Waals surface area contributed by atoms with Crippen LogP contribution in [0.25, 0.3) is 0 Å². The Kier molecular flexibility index (Phi) is 8.71. The highest BCUT2D eigenvalue weighted by molar-refractivity contribution is 5.85. The summed E-state index contributed by atoms with van der Waals surface area (Å²) in [5, 5.41) is 9.27. The Labute approximate surface area is 84.8 Å². The summed E-state index contributed by atoms with van der Waals surface area (Å²) in [5.74, 6) is 0. The van der Waals surface area contributed by atoms with E-state index < -0.39 is 6.10 Å². The van der Waals surface area contributed by atoms with Crippen LogP contribution in [0.1, 0.15) is 25.1 Å². The zero-order chi connectivity index (χ0) is 7.40. The molecule has 1 aromatic rings. The first kappa shape index (κ1) is 14.2. The quantitative estimate of drug-likeness (QED) is 0.812. The summed E-state index contributed by atoms with van der Waals surface area (Å²) in [5.41, 5.74) is 0.755. The van der Waals surface area contributed by atoms with Crippen LogP contribution in [0.3, 0.4) is 0 Å². The Morgan fingerprint density at radius 1 is 1.42 bits per heavy atom. The predicted octanol–water partition coefficient (Wildman–Crippen LogP) is 2.37. The van der Waals surface area contributed by atoms with Crippen LogP contribution < -0.4 is 0 Å². The van der Waals surface area contributed by atoms with Crippen LogP contribution in [0.5, 0.6) is 0 Å². The van der Waals surface area contributed by atoms with Gasteiger partial charge in [0.1, 0.15) is 0 Å². The van der Waals surface area contributed by atoms with Crippen molar-refractivity contribution in [3.05, 3.63) is 30.1 Å². The number of pyridine rings is 1. The monoisotopic (exact) mass is 209 g/mol. The summed E-state index contributed by atoms with van der Waals surface area (Å²) in [4.78, 5) is 4.00. The fourth-order valence-corrected chi connectivity index (χ4v) is 0.782. The molecular weight excluding hydrogens is 197 g/mol. The molecule has 0 aromatic carbocycles. The van der Waals surface area contributed by atoms with Gasteiger partial charge in [-0.15, -0.1) is 24.8 Å². The molecule has 0 aliphatic rings. The van der Waals surface area contributed by atoms with Gasteiger partial charge in [0.05, 0.1) is 11.8 Å². The number of aliphatic hydroxyl groups is 1. The first-order valence-corrected chi connectivity index (χ1v) is 3.43. The molecular formula is C8H13Cl2NO. The average molecular weight is 210 g/mol. The molecule has 0 spiro atoms. The fraction of sp³-hybridized carbons (Fsp3) is 0.375. The Balaban J connectivity index is 0. The highest BCUT2D eigenvalue weighted by atomic mass is 35.5. The first-order chi connectivity index (χ1) is 4.84. The summed E-state index contributed by atoms with van der Waals surface area (Å²) in [6, 6.07) is 5.54. The molecule has 12 heavy (non-hydrogen) atoms. The van der Waals surface area contributed by atoms with E-state index in [4.69, 9.17) is 0 Å². The molecule has 0 bridgehead atoms. The third kappa shape index (κ3) is 3.90. The summed E-state index contributed by atoms with van der Waals surface area (Å²) in [6.07, 6.45) is 2.01. The lowest BCUT2D eigenvalue weighted by molar-refractivity contribution is 0.169. The summed E-state index contributed by atoms with van der Waals surface area (Å²) in [7, 11) is 0. The zero-order valence-electron chi connectivity index (χ0n) is 6.80. The van der Waals surface area contributed by atoms with E-state index in [1.807, 2.05) is 25.1 Å². The van der Waals surface area contributed by atoms with Gasteiger partial charge in [-0.3, -0.25) is 4.98 Å². The van der Waals surface area contributed by atoms with E-state index in [0.29, 0.717) is 0 Å². The standard InChI is InChI=1S/C8H11NO.2ClH/c1-2-8(10)7-5-3-4-6-9-7;;/h3-6,8,10H,2H2,1H3;2*1H. The van der Waals surface area contributed by atoms with Crippen molar-refractivity contribution in [1.29, 1.82) is 0 Å². The Morgan fingerprint density at radius 3 is 2.50 bits per heavy atom. The van der Waals surface area contributed by atoms with E-state index in [0.717, 1.165) is 12.1 Å². The Bertz CT molecular complexity index is 194. The summed E-state index contributed by atoms with van der Waals surface area (Å²) < 4.78 is 0. The van der Waals surface area contributed by atoms with E-state index in [2.05, 4.69) is 4.98 Å². The van der Waals surface area contributed by atoms with Gasteiger partial charge in [0, 0.05) is 6.20 Å². The molecule has 1 heterocycles. The van der Waals surface area contributed by atoms with Gasteiger partial charge in [0.2, 0.25) is 0 Å². The molecule has 0 saturated heterocycles. The Morgan fingerprint density at radius 2 is 2.08 bits per heavy atom. The molecule has 1 aromatic heterocycles. The maximum Gasteiger partial charge on any atom is 0.0957 e. The van der Waals surface area contributed by atoms with Gasteiger partial charge in [-0.25, -0.2) is 0 Å². The minimum atomic E-state index is -0.402. The van der Waals surface area contributed by atoms with Crippen molar-refractivity contribution in [1.82, 2.24) is 4.98 Å². The second kappa shape index (κ2) is 7.35. The smallest absolute Gasteiger partial charge is 0.0957 e. The van der Waals surface area contributed by atoms with Crippen LogP contribution in [0.2, 0.25) is 0 Å². The van der Waals surface area contributed by atoms with Gasteiger partial charge in [-0.05, 0) is 18.6 Å². The van der Waals surface area contributed by atoms with Gasteiger partial charge in [0.15, 0.2) is 0 Å². The number of halogens is 2. The van der Waals surface area contributed by atoms with Crippen molar-refractivity contribution in [2.75, 3.05) is 0 Å². The number of nitrogens with zero attached hydrogens (tertiary/aromatic N) is 1. The number of hydrogen-bond acceptors (Lipinski definition) is 2. The highest BCUT2D eigenvalue weighted by Crippen LogP contribution is 2.11. The van der Waals surface area contributed by atoms with Crippen molar-refractivity contribution >= 4 is 24.8 Å². The second-order valence-electron chi connectivity index (χ2n) is 2.18. The highest BCUT2D eigenvalue weighted by Gasteiger charge is 2.02. The van der Waals surface area contributed by atoms with E-state index in [1.54, 1.807) is 6.20 Å². The van der Waals surface area contributed by atoms with Crippen molar-refractivity contribution in [2.24, 2.45) is 0 Å². The average Bonchev–Trinajstić information content (AvgIpc) is 2.05. The van der Waals surface area contributed by atoms with Crippen molar-refractivity contribution < 1.29 is 5.11 Å². The molecule has 1 N–H and O–H groups in total. The number of rotatable bonds is 2.